The van der Waals surface area contributed by atoms with Gasteiger partial charge in [0.15, 0.2) is 5.96 Å². The number of nitrogens with two attached hydrogens (primary N) is 1. The van der Waals surface area contributed by atoms with Gasteiger partial charge in [-0.1, -0.05) is 18.2 Å². The summed E-state index contributed by atoms with van der Waals surface area (Å²) in [4.78, 5) is 4.14. The maximum Gasteiger partial charge on any atom is 0.193 e. The van der Waals surface area contributed by atoms with Gasteiger partial charge in [-0.05, 0) is 19.1 Å². The van der Waals surface area contributed by atoms with Crippen LogP contribution < -0.4 is 11.1 Å². The van der Waals surface area contributed by atoms with E-state index >= 15 is 0 Å². The minimum Gasteiger partial charge on any atom is -0.370 e. The summed E-state index contributed by atoms with van der Waals surface area (Å²) in [7, 11) is 0. The fraction of sp³-hybridized carbons (Fsp3) is 0.250. The standard InChI is InChI=1S/C12H15N3/c1-2-3-7-10-14-12(13)15-11-8-5-4-6-9-11/h4-6,8-9H,7,10H2,1H3,(H3,13,14,15). The molecule has 0 aromatic heterocycles. The molecule has 0 aliphatic heterocycles. The summed E-state index contributed by atoms with van der Waals surface area (Å²) < 4.78 is 0. The largest absolute Gasteiger partial charge is 0.370 e. The van der Waals surface area contributed by atoms with Crippen molar-refractivity contribution < 1.29 is 0 Å². The second-order valence-electron chi connectivity index (χ2n) is 2.93. The first kappa shape index (κ1) is 11.1. The van der Waals surface area contributed by atoms with Gasteiger partial charge in [-0.15, -0.1) is 11.8 Å². The Kier molecular flexibility index (Phi) is 4.82. The third kappa shape index (κ3) is 4.72. The Labute approximate surface area is 90.4 Å². The van der Waals surface area contributed by atoms with Crippen LogP contribution in [0.25, 0.3) is 0 Å². The van der Waals surface area contributed by atoms with Crippen LogP contribution in [0.4, 0.5) is 5.69 Å². The number of aliphatic imine (C=N–C) groups is 1. The van der Waals surface area contributed by atoms with Gasteiger partial charge in [0.05, 0.1) is 6.54 Å². The molecule has 1 rings (SSSR count). The number of para-hydroxylation sites is 1. The molecule has 3 heteroatoms. The molecule has 15 heavy (non-hydrogen) atoms. The monoisotopic (exact) mass is 201 g/mol. The summed E-state index contributed by atoms with van der Waals surface area (Å²) >= 11 is 0. The Hall–Kier alpha value is -1.95. The molecule has 0 spiro atoms. The molecule has 1 aromatic rings. The number of guanidine groups is 1. The highest BCUT2D eigenvalue weighted by Crippen LogP contribution is 2.03. The first-order chi connectivity index (χ1) is 7.33. The van der Waals surface area contributed by atoms with Gasteiger partial charge in [0.2, 0.25) is 0 Å². The quantitative estimate of drug-likeness (QED) is 0.339. The SMILES string of the molecule is CC#CCCN=C(N)Nc1ccccc1. The lowest BCUT2D eigenvalue weighted by Crippen LogP contribution is -2.22. The van der Waals surface area contributed by atoms with Crippen molar-refractivity contribution in [2.24, 2.45) is 10.7 Å². The van der Waals surface area contributed by atoms with Crippen LogP contribution >= 0.6 is 0 Å². The van der Waals surface area contributed by atoms with Crippen LogP contribution in [0.2, 0.25) is 0 Å². The summed E-state index contributed by atoms with van der Waals surface area (Å²) in [6.07, 6.45) is 0.744. The molecule has 0 aliphatic carbocycles. The molecule has 0 aliphatic rings. The van der Waals surface area contributed by atoms with Crippen molar-refractivity contribution in [3.8, 4) is 11.8 Å². The van der Waals surface area contributed by atoms with Gasteiger partial charge in [0.1, 0.15) is 0 Å². The molecule has 0 fully saturated rings. The van der Waals surface area contributed by atoms with Crippen molar-refractivity contribution in [1.29, 1.82) is 0 Å². The molecule has 0 unspecified atom stereocenters. The van der Waals surface area contributed by atoms with Crippen molar-refractivity contribution in [3.63, 3.8) is 0 Å². The van der Waals surface area contributed by atoms with E-state index < -0.39 is 0 Å². The van der Waals surface area contributed by atoms with E-state index in [9.17, 15) is 0 Å². The number of hydrogen-bond acceptors (Lipinski definition) is 1. The molecule has 0 heterocycles. The van der Waals surface area contributed by atoms with Crippen molar-refractivity contribution in [2.45, 2.75) is 13.3 Å². The minimum absolute atomic E-state index is 0.430. The normalized spacial score (nSPS) is 10.3. The molecule has 78 valence electrons. The lowest BCUT2D eigenvalue weighted by Gasteiger charge is -2.03. The van der Waals surface area contributed by atoms with Crippen LogP contribution in [0.1, 0.15) is 13.3 Å². The maximum atomic E-state index is 5.68. The fourth-order valence-corrected chi connectivity index (χ4v) is 1.07. The highest BCUT2D eigenvalue weighted by molar-refractivity contribution is 5.92. The minimum atomic E-state index is 0.430. The Balaban J connectivity index is 2.40. The average Bonchev–Trinajstić information content (AvgIpc) is 2.26. The summed E-state index contributed by atoms with van der Waals surface area (Å²) in [5.74, 6) is 6.17. The third-order valence-electron chi connectivity index (χ3n) is 1.74. The Morgan fingerprint density at radius 3 is 2.80 bits per heavy atom. The van der Waals surface area contributed by atoms with Gasteiger partial charge in [-0.3, -0.25) is 4.99 Å². The van der Waals surface area contributed by atoms with E-state index in [4.69, 9.17) is 5.73 Å². The highest BCUT2D eigenvalue weighted by atomic mass is 15.1. The number of nitrogens with zero attached hydrogens (tertiary/aromatic N) is 1. The van der Waals surface area contributed by atoms with Gasteiger partial charge in [0, 0.05) is 12.1 Å². The molecule has 0 bridgehead atoms. The van der Waals surface area contributed by atoms with Crippen LogP contribution in [0, 0.1) is 11.8 Å². The first-order valence-corrected chi connectivity index (χ1v) is 4.84. The number of benzene rings is 1. The van der Waals surface area contributed by atoms with E-state index in [1.54, 1.807) is 0 Å². The van der Waals surface area contributed by atoms with Gasteiger partial charge in [-0.25, -0.2) is 0 Å². The molecule has 3 nitrogen and oxygen atoms in total. The summed E-state index contributed by atoms with van der Waals surface area (Å²) in [5.41, 5.74) is 6.62. The Morgan fingerprint density at radius 2 is 2.13 bits per heavy atom. The lowest BCUT2D eigenvalue weighted by molar-refractivity contribution is 1.02. The molecule has 0 amide bonds. The van der Waals surface area contributed by atoms with Gasteiger partial charge >= 0.3 is 0 Å². The molecule has 0 saturated carbocycles. The van der Waals surface area contributed by atoms with E-state index in [1.165, 1.54) is 0 Å². The van der Waals surface area contributed by atoms with Crippen LogP contribution in [0.5, 0.6) is 0 Å². The van der Waals surface area contributed by atoms with Crippen molar-refractivity contribution >= 4 is 11.6 Å². The summed E-state index contributed by atoms with van der Waals surface area (Å²) in [6.45, 7) is 2.45. The number of rotatable bonds is 3. The van der Waals surface area contributed by atoms with E-state index in [-0.39, 0.29) is 0 Å². The van der Waals surface area contributed by atoms with Crippen LogP contribution in [-0.4, -0.2) is 12.5 Å². The number of hydrogen-bond donors (Lipinski definition) is 2. The molecule has 3 N–H and O–H groups in total. The Bertz CT molecular complexity index is 371. The predicted octanol–water partition coefficient (Wildman–Crippen LogP) is 1.83. The van der Waals surface area contributed by atoms with Gasteiger partial charge < -0.3 is 11.1 Å². The van der Waals surface area contributed by atoms with E-state index in [1.807, 2.05) is 37.3 Å². The summed E-state index contributed by atoms with van der Waals surface area (Å²) in [5, 5.41) is 3.00. The smallest absolute Gasteiger partial charge is 0.193 e. The van der Waals surface area contributed by atoms with Crippen molar-refractivity contribution in [3.05, 3.63) is 30.3 Å². The van der Waals surface area contributed by atoms with Gasteiger partial charge in [0.25, 0.3) is 0 Å². The zero-order chi connectivity index (χ0) is 10.9. The Morgan fingerprint density at radius 1 is 1.40 bits per heavy atom. The number of nitrogens with one attached hydrogen (secondary N) is 1. The van der Waals surface area contributed by atoms with Crippen LogP contribution in [0.15, 0.2) is 35.3 Å². The average molecular weight is 201 g/mol. The lowest BCUT2D eigenvalue weighted by atomic mass is 10.3. The van der Waals surface area contributed by atoms with Crippen LogP contribution in [0.3, 0.4) is 0 Å². The topological polar surface area (TPSA) is 50.4 Å². The van der Waals surface area contributed by atoms with Crippen LogP contribution in [-0.2, 0) is 0 Å². The van der Waals surface area contributed by atoms with E-state index in [0.717, 1.165) is 12.1 Å². The van der Waals surface area contributed by atoms with Crippen molar-refractivity contribution in [2.75, 3.05) is 11.9 Å². The fourth-order valence-electron chi connectivity index (χ4n) is 1.07. The second kappa shape index (κ2) is 6.50. The highest BCUT2D eigenvalue weighted by Gasteiger charge is 1.91. The zero-order valence-electron chi connectivity index (χ0n) is 8.83. The maximum absolute atomic E-state index is 5.68. The molecule has 0 radical (unpaired) electrons. The predicted molar refractivity (Wildman–Crippen MR) is 64.6 cm³/mol. The first-order valence-electron chi connectivity index (χ1n) is 4.84. The molecule has 0 saturated heterocycles. The van der Waals surface area contributed by atoms with E-state index in [0.29, 0.717) is 12.5 Å². The number of anilines is 1. The van der Waals surface area contributed by atoms with Crippen molar-refractivity contribution in [1.82, 2.24) is 0 Å². The molecular formula is C12H15N3. The molecular weight excluding hydrogens is 186 g/mol. The van der Waals surface area contributed by atoms with Gasteiger partial charge in [-0.2, -0.15) is 0 Å². The van der Waals surface area contributed by atoms with E-state index in [2.05, 4.69) is 22.2 Å². The molecule has 1 aromatic carbocycles. The summed E-state index contributed by atoms with van der Waals surface area (Å²) in [6, 6.07) is 9.72. The molecule has 0 atom stereocenters. The second-order valence-corrected chi connectivity index (χ2v) is 2.93. The third-order valence-corrected chi connectivity index (χ3v) is 1.74. The zero-order valence-corrected chi connectivity index (χ0v) is 8.83.